The molecule has 1 amide bonds. The van der Waals surface area contributed by atoms with Crippen LogP contribution < -0.4 is 5.32 Å². The van der Waals surface area contributed by atoms with Crippen LogP contribution in [0.2, 0.25) is 0 Å². The zero-order chi connectivity index (χ0) is 11.5. The Balaban J connectivity index is 2.40. The molecule has 0 aliphatic carbocycles. The molecule has 0 aliphatic rings. The Morgan fingerprint density at radius 3 is 2.81 bits per heavy atom. The van der Waals surface area contributed by atoms with Crippen molar-refractivity contribution in [2.24, 2.45) is 0 Å². The summed E-state index contributed by atoms with van der Waals surface area (Å²) in [4.78, 5) is 23.1. The third kappa shape index (κ3) is 1.69. The minimum atomic E-state index is -0.603. The van der Waals surface area contributed by atoms with E-state index < -0.39 is 11.7 Å². The Labute approximate surface area is 92.2 Å². The van der Waals surface area contributed by atoms with E-state index in [1.54, 1.807) is 25.1 Å². The summed E-state index contributed by atoms with van der Waals surface area (Å²) in [5, 5.41) is 3.13. The predicted molar refractivity (Wildman–Crippen MR) is 59.2 cm³/mol. The van der Waals surface area contributed by atoms with Gasteiger partial charge in [0.15, 0.2) is 0 Å². The van der Waals surface area contributed by atoms with Crippen molar-refractivity contribution in [2.75, 3.05) is 6.54 Å². The highest BCUT2D eigenvalue weighted by Crippen LogP contribution is 2.20. The van der Waals surface area contributed by atoms with Crippen molar-refractivity contribution in [1.82, 2.24) is 5.32 Å². The zero-order valence-corrected chi connectivity index (χ0v) is 8.82. The molecule has 0 saturated carbocycles. The van der Waals surface area contributed by atoms with Crippen molar-refractivity contribution in [2.45, 2.75) is 6.92 Å². The Kier molecular flexibility index (Phi) is 2.72. The van der Waals surface area contributed by atoms with Gasteiger partial charge in [0.25, 0.3) is 11.7 Å². The maximum absolute atomic E-state index is 11.7. The van der Waals surface area contributed by atoms with Crippen LogP contribution >= 0.6 is 0 Å². The normalized spacial score (nSPS) is 10.3. The van der Waals surface area contributed by atoms with Crippen molar-refractivity contribution in [3.8, 4) is 0 Å². The molecule has 4 heteroatoms. The topological polar surface area (TPSA) is 59.3 Å². The lowest BCUT2D eigenvalue weighted by Gasteiger charge is -1.98. The van der Waals surface area contributed by atoms with Crippen LogP contribution in [0.15, 0.2) is 34.9 Å². The number of nitrogens with one attached hydrogen (secondary N) is 1. The number of carbonyl (C=O) groups is 2. The molecular weight excluding hydrogens is 206 g/mol. The first-order valence-corrected chi connectivity index (χ1v) is 5.02. The summed E-state index contributed by atoms with van der Waals surface area (Å²) < 4.78 is 5.20. The van der Waals surface area contributed by atoms with Crippen LogP contribution in [0, 0.1) is 0 Å². The lowest BCUT2D eigenvalue weighted by atomic mass is 10.1. The Hall–Kier alpha value is -2.10. The Morgan fingerprint density at radius 2 is 2.06 bits per heavy atom. The van der Waals surface area contributed by atoms with Crippen LogP contribution in [-0.4, -0.2) is 18.2 Å². The minimum Gasteiger partial charge on any atom is -0.464 e. The summed E-state index contributed by atoms with van der Waals surface area (Å²) in [5.41, 5.74) is 0.914. The van der Waals surface area contributed by atoms with Gasteiger partial charge in [0, 0.05) is 11.9 Å². The fraction of sp³-hybridized carbons (Fsp3) is 0.167. The van der Waals surface area contributed by atoms with E-state index in [1.165, 1.54) is 6.26 Å². The van der Waals surface area contributed by atoms with Gasteiger partial charge < -0.3 is 9.73 Å². The second kappa shape index (κ2) is 4.18. The first-order chi connectivity index (χ1) is 7.74. The number of carbonyl (C=O) groups excluding carboxylic acids is 2. The van der Waals surface area contributed by atoms with E-state index in [4.69, 9.17) is 4.42 Å². The van der Waals surface area contributed by atoms with Gasteiger partial charge in [0.1, 0.15) is 11.8 Å². The highest BCUT2D eigenvalue weighted by atomic mass is 16.3. The van der Waals surface area contributed by atoms with Gasteiger partial charge in [0.2, 0.25) is 0 Å². The number of rotatable bonds is 3. The molecule has 16 heavy (non-hydrogen) atoms. The number of Topliss-reactive ketones (excluding diaryl/α,β-unsaturated/α-hetero) is 1. The maximum Gasteiger partial charge on any atom is 0.292 e. The van der Waals surface area contributed by atoms with E-state index in [9.17, 15) is 9.59 Å². The predicted octanol–water partition coefficient (Wildman–Crippen LogP) is 1.75. The Bertz CT molecular complexity index is 542. The largest absolute Gasteiger partial charge is 0.464 e. The van der Waals surface area contributed by atoms with Crippen LogP contribution in [0.4, 0.5) is 0 Å². The van der Waals surface area contributed by atoms with Gasteiger partial charge in [-0.3, -0.25) is 9.59 Å². The highest BCUT2D eigenvalue weighted by molar-refractivity contribution is 6.44. The summed E-state index contributed by atoms with van der Waals surface area (Å²) in [7, 11) is 0. The molecule has 2 aromatic rings. The second-order valence-electron chi connectivity index (χ2n) is 3.33. The van der Waals surface area contributed by atoms with Crippen LogP contribution in [-0.2, 0) is 4.79 Å². The number of likely N-dealkylation sites (N-methyl/N-ethyl adjacent to an activating group) is 1. The van der Waals surface area contributed by atoms with E-state index >= 15 is 0 Å². The van der Waals surface area contributed by atoms with Crippen molar-refractivity contribution >= 4 is 22.7 Å². The standard InChI is InChI=1S/C12H11NO3/c1-2-13-12(15)11(14)9-7-16-10-6-4-3-5-8(9)10/h3-7H,2H2,1H3,(H,13,15). The van der Waals surface area contributed by atoms with Gasteiger partial charge in [-0.15, -0.1) is 0 Å². The van der Waals surface area contributed by atoms with Gasteiger partial charge in [-0.1, -0.05) is 18.2 Å². The fourth-order valence-electron chi connectivity index (χ4n) is 1.52. The van der Waals surface area contributed by atoms with Crippen LogP contribution in [0.5, 0.6) is 0 Å². The number of fused-ring (bicyclic) bond motifs is 1. The third-order valence-corrected chi connectivity index (χ3v) is 2.27. The molecular formula is C12H11NO3. The summed E-state index contributed by atoms with van der Waals surface area (Å²) in [6, 6.07) is 7.12. The van der Waals surface area contributed by atoms with Gasteiger partial charge >= 0.3 is 0 Å². The van der Waals surface area contributed by atoms with E-state index in [0.29, 0.717) is 23.1 Å². The lowest BCUT2D eigenvalue weighted by Crippen LogP contribution is -2.30. The molecule has 1 aromatic carbocycles. The van der Waals surface area contributed by atoms with E-state index in [0.717, 1.165) is 0 Å². The molecule has 82 valence electrons. The Morgan fingerprint density at radius 1 is 1.31 bits per heavy atom. The van der Waals surface area contributed by atoms with Crippen molar-refractivity contribution in [3.05, 3.63) is 36.1 Å². The average Bonchev–Trinajstić information content (AvgIpc) is 2.72. The molecule has 0 aliphatic heterocycles. The smallest absolute Gasteiger partial charge is 0.292 e. The molecule has 4 nitrogen and oxygen atoms in total. The molecule has 1 heterocycles. The SMILES string of the molecule is CCNC(=O)C(=O)c1coc2ccccc12. The van der Waals surface area contributed by atoms with Gasteiger partial charge in [-0.25, -0.2) is 0 Å². The molecule has 0 spiro atoms. The number of hydrogen-bond acceptors (Lipinski definition) is 3. The zero-order valence-electron chi connectivity index (χ0n) is 8.82. The van der Waals surface area contributed by atoms with Gasteiger partial charge in [-0.2, -0.15) is 0 Å². The molecule has 0 radical (unpaired) electrons. The third-order valence-electron chi connectivity index (χ3n) is 2.27. The van der Waals surface area contributed by atoms with Crippen molar-refractivity contribution in [1.29, 1.82) is 0 Å². The number of amides is 1. The number of ketones is 1. The van der Waals surface area contributed by atoms with Crippen LogP contribution in [0.1, 0.15) is 17.3 Å². The molecule has 1 aromatic heterocycles. The average molecular weight is 217 g/mol. The van der Waals surface area contributed by atoms with Gasteiger partial charge in [-0.05, 0) is 13.0 Å². The molecule has 0 fully saturated rings. The van der Waals surface area contributed by atoms with Gasteiger partial charge in [0.05, 0.1) is 5.56 Å². The summed E-state index contributed by atoms with van der Waals surface area (Å²) >= 11 is 0. The summed E-state index contributed by atoms with van der Waals surface area (Å²) in [6.07, 6.45) is 1.32. The van der Waals surface area contributed by atoms with Crippen molar-refractivity contribution in [3.63, 3.8) is 0 Å². The number of hydrogen-bond donors (Lipinski definition) is 1. The molecule has 0 unspecified atom stereocenters. The molecule has 0 bridgehead atoms. The molecule has 0 atom stereocenters. The summed E-state index contributed by atoms with van der Waals surface area (Å²) in [6.45, 7) is 2.19. The van der Waals surface area contributed by atoms with E-state index in [1.807, 2.05) is 6.07 Å². The first kappa shape index (κ1) is 10.4. The number of furan rings is 1. The molecule has 1 N–H and O–H groups in total. The second-order valence-corrected chi connectivity index (χ2v) is 3.33. The monoisotopic (exact) mass is 217 g/mol. The first-order valence-electron chi connectivity index (χ1n) is 5.02. The van der Waals surface area contributed by atoms with E-state index in [-0.39, 0.29) is 0 Å². The van der Waals surface area contributed by atoms with Crippen LogP contribution in [0.25, 0.3) is 11.0 Å². The van der Waals surface area contributed by atoms with Crippen molar-refractivity contribution < 1.29 is 14.0 Å². The van der Waals surface area contributed by atoms with E-state index in [2.05, 4.69) is 5.32 Å². The molecule has 0 saturated heterocycles. The maximum atomic E-state index is 11.7. The minimum absolute atomic E-state index is 0.307. The summed E-state index contributed by atoms with van der Waals surface area (Å²) in [5.74, 6) is -1.17. The fourth-order valence-corrected chi connectivity index (χ4v) is 1.52. The quantitative estimate of drug-likeness (QED) is 0.629. The molecule has 2 rings (SSSR count). The lowest BCUT2D eigenvalue weighted by molar-refractivity contribution is -0.116. The number of benzene rings is 1. The number of para-hydroxylation sites is 1. The van der Waals surface area contributed by atoms with Crippen LogP contribution in [0.3, 0.4) is 0 Å². The highest BCUT2D eigenvalue weighted by Gasteiger charge is 2.19.